The van der Waals surface area contributed by atoms with Crippen LogP contribution in [0.5, 0.6) is 0 Å². The zero-order valence-electron chi connectivity index (χ0n) is 10.6. The summed E-state index contributed by atoms with van der Waals surface area (Å²) in [7, 11) is 0. The molecule has 0 fully saturated rings. The van der Waals surface area contributed by atoms with Crippen molar-refractivity contribution in [1.29, 1.82) is 0 Å². The Labute approximate surface area is 97.4 Å². The summed E-state index contributed by atoms with van der Waals surface area (Å²) in [6.45, 7) is 9.25. The van der Waals surface area contributed by atoms with Crippen LogP contribution in [0.2, 0.25) is 0 Å². The molecule has 0 aliphatic rings. The zero-order chi connectivity index (χ0) is 12.6. The van der Waals surface area contributed by atoms with Crippen LogP contribution in [0.3, 0.4) is 0 Å². The fourth-order valence-corrected chi connectivity index (χ4v) is 1.08. The predicted molar refractivity (Wildman–Crippen MR) is 64.1 cm³/mol. The first-order valence-electron chi connectivity index (χ1n) is 5.57. The van der Waals surface area contributed by atoms with Gasteiger partial charge in [0, 0.05) is 38.5 Å². The van der Waals surface area contributed by atoms with Gasteiger partial charge in [-0.25, -0.2) is 0 Å². The summed E-state index contributed by atoms with van der Waals surface area (Å²) in [6.07, 6.45) is 0.456. The van der Waals surface area contributed by atoms with E-state index in [1.165, 1.54) is 6.92 Å². The first-order valence-corrected chi connectivity index (χ1v) is 5.57. The summed E-state index contributed by atoms with van der Waals surface area (Å²) < 4.78 is 0. The summed E-state index contributed by atoms with van der Waals surface area (Å²) in [5, 5.41) is 8.57. The van der Waals surface area contributed by atoms with Gasteiger partial charge >= 0.3 is 0 Å². The van der Waals surface area contributed by atoms with Crippen LogP contribution in [-0.4, -0.2) is 37.0 Å². The Morgan fingerprint density at radius 2 is 1.56 bits per heavy atom. The number of rotatable bonds is 6. The number of carbonyl (C=O) groups is 2. The summed E-state index contributed by atoms with van der Waals surface area (Å²) in [5.41, 5.74) is 0.0382. The molecule has 0 bridgehead atoms. The maximum absolute atomic E-state index is 11.3. The Kier molecular flexibility index (Phi) is 6.72. The smallest absolute Gasteiger partial charge is 0.221 e. The molecule has 0 unspecified atom stereocenters. The van der Waals surface area contributed by atoms with Crippen LogP contribution < -0.4 is 16.0 Å². The quantitative estimate of drug-likeness (QED) is 0.562. The second-order valence-electron chi connectivity index (χ2n) is 4.76. The number of amides is 2. The van der Waals surface area contributed by atoms with Crippen molar-refractivity contribution in [2.75, 3.05) is 19.6 Å². The van der Waals surface area contributed by atoms with E-state index in [1.54, 1.807) is 0 Å². The zero-order valence-corrected chi connectivity index (χ0v) is 10.6. The van der Waals surface area contributed by atoms with E-state index in [9.17, 15) is 9.59 Å². The summed E-state index contributed by atoms with van der Waals surface area (Å²) >= 11 is 0. The molecule has 0 heterocycles. The lowest BCUT2D eigenvalue weighted by molar-refractivity contribution is -0.122. The molecule has 0 atom stereocenters. The Hall–Kier alpha value is -1.10. The first kappa shape index (κ1) is 14.9. The summed E-state index contributed by atoms with van der Waals surface area (Å²) in [6, 6.07) is 0. The van der Waals surface area contributed by atoms with Crippen LogP contribution in [0.25, 0.3) is 0 Å². The van der Waals surface area contributed by atoms with Crippen LogP contribution in [0, 0.1) is 0 Å². The van der Waals surface area contributed by atoms with Gasteiger partial charge in [0.1, 0.15) is 0 Å². The summed E-state index contributed by atoms with van der Waals surface area (Å²) in [5.74, 6) is -0.0780. The second-order valence-corrected chi connectivity index (χ2v) is 4.76. The fourth-order valence-electron chi connectivity index (χ4n) is 1.08. The highest BCUT2D eigenvalue weighted by atomic mass is 16.2. The highest BCUT2D eigenvalue weighted by Gasteiger charge is 2.09. The maximum Gasteiger partial charge on any atom is 0.221 e. The normalized spacial score (nSPS) is 11.0. The van der Waals surface area contributed by atoms with Crippen molar-refractivity contribution < 1.29 is 9.59 Å². The molecule has 0 spiro atoms. The van der Waals surface area contributed by atoms with Gasteiger partial charge in [-0.3, -0.25) is 9.59 Å². The van der Waals surface area contributed by atoms with Gasteiger partial charge in [-0.15, -0.1) is 0 Å². The third-order valence-electron chi connectivity index (χ3n) is 1.83. The number of carbonyl (C=O) groups excluding carboxylic acids is 2. The minimum absolute atomic E-state index is 0.00195. The molecule has 5 heteroatoms. The molecule has 3 N–H and O–H groups in total. The van der Waals surface area contributed by atoms with Crippen molar-refractivity contribution in [3.8, 4) is 0 Å². The average molecular weight is 229 g/mol. The number of hydrogen-bond donors (Lipinski definition) is 3. The minimum atomic E-state index is -0.0800. The van der Waals surface area contributed by atoms with Gasteiger partial charge in [0.15, 0.2) is 0 Å². The van der Waals surface area contributed by atoms with E-state index < -0.39 is 0 Å². The number of hydrogen-bond acceptors (Lipinski definition) is 3. The van der Waals surface area contributed by atoms with Crippen molar-refractivity contribution in [3.63, 3.8) is 0 Å². The Bertz CT molecular complexity index is 234. The van der Waals surface area contributed by atoms with E-state index in [1.807, 2.05) is 0 Å². The lowest BCUT2D eigenvalue weighted by atomic mass is 10.1. The van der Waals surface area contributed by atoms with Crippen molar-refractivity contribution >= 4 is 11.8 Å². The molecular weight excluding hydrogens is 206 g/mol. The lowest BCUT2D eigenvalue weighted by Gasteiger charge is -2.20. The van der Waals surface area contributed by atoms with E-state index in [4.69, 9.17) is 0 Å². The van der Waals surface area contributed by atoms with Gasteiger partial charge in [-0.2, -0.15) is 0 Å². The van der Waals surface area contributed by atoms with Crippen molar-refractivity contribution in [3.05, 3.63) is 0 Å². The molecule has 0 aromatic carbocycles. The van der Waals surface area contributed by atoms with E-state index >= 15 is 0 Å². The van der Waals surface area contributed by atoms with Gasteiger partial charge in [-0.05, 0) is 20.8 Å². The molecule has 2 amide bonds. The summed E-state index contributed by atoms with van der Waals surface area (Å²) in [4.78, 5) is 21.8. The van der Waals surface area contributed by atoms with Gasteiger partial charge in [0.05, 0.1) is 0 Å². The van der Waals surface area contributed by atoms with Crippen LogP contribution in [0.1, 0.15) is 34.1 Å². The molecule has 0 aliphatic carbocycles. The average Bonchev–Trinajstić information content (AvgIpc) is 2.10. The van der Waals surface area contributed by atoms with Crippen LogP contribution >= 0.6 is 0 Å². The largest absolute Gasteiger partial charge is 0.355 e. The highest BCUT2D eigenvalue weighted by molar-refractivity contribution is 5.76. The third kappa shape index (κ3) is 11.0. The molecule has 16 heavy (non-hydrogen) atoms. The van der Waals surface area contributed by atoms with Crippen molar-refractivity contribution in [1.82, 2.24) is 16.0 Å². The molecule has 5 nitrogen and oxygen atoms in total. The van der Waals surface area contributed by atoms with E-state index in [-0.39, 0.29) is 17.4 Å². The third-order valence-corrected chi connectivity index (χ3v) is 1.83. The van der Waals surface area contributed by atoms with Crippen LogP contribution in [0.4, 0.5) is 0 Å². The molecule has 94 valence electrons. The van der Waals surface area contributed by atoms with Crippen molar-refractivity contribution in [2.45, 2.75) is 39.7 Å². The Morgan fingerprint density at radius 3 is 2.06 bits per heavy atom. The van der Waals surface area contributed by atoms with Gasteiger partial charge in [0.25, 0.3) is 0 Å². The van der Waals surface area contributed by atoms with Crippen molar-refractivity contribution in [2.24, 2.45) is 0 Å². The topological polar surface area (TPSA) is 70.2 Å². The van der Waals surface area contributed by atoms with Gasteiger partial charge in [-0.1, -0.05) is 0 Å². The fraction of sp³-hybridized carbons (Fsp3) is 0.818. The molecule has 0 rings (SSSR count). The second kappa shape index (κ2) is 7.22. The Balaban J connectivity index is 3.42. The van der Waals surface area contributed by atoms with Gasteiger partial charge in [0.2, 0.25) is 11.8 Å². The molecule has 0 saturated heterocycles. The number of nitrogens with one attached hydrogen (secondary N) is 3. The molecule has 0 aliphatic heterocycles. The molecule has 0 saturated carbocycles. The monoisotopic (exact) mass is 229 g/mol. The predicted octanol–water partition coefficient (Wildman–Crippen LogP) is 0.0169. The van der Waals surface area contributed by atoms with Crippen LogP contribution in [0.15, 0.2) is 0 Å². The SMILES string of the molecule is CC(=O)NCCNC(=O)CCNC(C)(C)C. The molecular formula is C11H23N3O2. The van der Waals surface area contributed by atoms with E-state index in [2.05, 4.69) is 36.7 Å². The molecule has 0 radical (unpaired) electrons. The highest BCUT2D eigenvalue weighted by Crippen LogP contribution is 1.97. The lowest BCUT2D eigenvalue weighted by Crippen LogP contribution is -2.39. The molecule has 0 aromatic heterocycles. The van der Waals surface area contributed by atoms with Gasteiger partial charge < -0.3 is 16.0 Å². The minimum Gasteiger partial charge on any atom is -0.355 e. The van der Waals surface area contributed by atoms with Crippen LogP contribution in [-0.2, 0) is 9.59 Å². The standard InChI is InChI=1S/C11H23N3O2/c1-9(15)12-7-8-13-10(16)5-6-14-11(2,3)4/h14H,5-8H2,1-4H3,(H,12,15)(H,13,16). The Morgan fingerprint density at radius 1 is 1.00 bits per heavy atom. The van der Waals surface area contributed by atoms with E-state index in [0.717, 1.165) is 0 Å². The molecule has 0 aromatic rings. The maximum atomic E-state index is 11.3. The van der Waals surface area contributed by atoms with E-state index in [0.29, 0.717) is 26.1 Å². The first-order chi connectivity index (χ1) is 7.31.